The lowest BCUT2D eigenvalue weighted by atomic mass is 10.0. The number of aliphatic hydroxyl groups is 2. The van der Waals surface area contributed by atoms with Gasteiger partial charge >= 0.3 is 0 Å². The van der Waals surface area contributed by atoms with Crippen LogP contribution in [0.15, 0.2) is 18.2 Å². The average molecular weight is 253 g/mol. The van der Waals surface area contributed by atoms with Gasteiger partial charge in [-0.1, -0.05) is 6.07 Å². The standard InChI is InChI=1S/C14H20FNO2/c1-9(17)11-6-7-16(8-11)13-5-3-4-12(15)14(13)10(2)18/h3-5,9-11,17-18H,6-8H2,1-2H3. The lowest BCUT2D eigenvalue weighted by Gasteiger charge is -2.24. The summed E-state index contributed by atoms with van der Waals surface area (Å²) in [6.07, 6.45) is -0.279. The molecule has 1 aromatic carbocycles. The van der Waals surface area contributed by atoms with Crippen LogP contribution in [0.3, 0.4) is 0 Å². The first kappa shape index (κ1) is 13.3. The zero-order valence-corrected chi connectivity index (χ0v) is 10.8. The molecule has 0 radical (unpaired) electrons. The lowest BCUT2D eigenvalue weighted by molar-refractivity contribution is 0.136. The summed E-state index contributed by atoms with van der Waals surface area (Å²) in [6.45, 7) is 4.86. The van der Waals surface area contributed by atoms with Gasteiger partial charge < -0.3 is 15.1 Å². The van der Waals surface area contributed by atoms with Crippen molar-refractivity contribution in [3.8, 4) is 0 Å². The maximum Gasteiger partial charge on any atom is 0.131 e. The molecular weight excluding hydrogens is 233 g/mol. The predicted octanol–water partition coefficient (Wildman–Crippen LogP) is 2.09. The predicted molar refractivity (Wildman–Crippen MR) is 69.0 cm³/mol. The third-order valence-corrected chi connectivity index (χ3v) is 3.70. The molecule has 4 heteroatoms. The molecule has 0 saturated carbocycles. The van der Waals surface area contributed by atoms with Crippen LogP contribution >= 0.6 is 0 Å². The molecule has 0 spiro atoms. The van der Waals surface area contributed by atoms with Crippen molar-refractivity contribution in [2.45, 2.75) is 32.5 Å². The smallest absolute Gasteiger partial charge is 0.131 e. The lowest BCUT2D eigenvalue weighted by Crippen LogP contribution is -2.25. The van der Waals surface area contributed by atoms with E-state index in [-0.39, 0.29) is 17.8 Å². The van der Waals surface area contributed by atoms with E-state index >= 15 is 0 Å². The molecule has 0 bridgehead atoms. The fraction of sp³-hybridized carbons (Fsp3) is 0.571. The first-order valence-corrected chi connectivity index (χ1v) is 6.40. The Morgan fingerprint density at radius 3 is 2.61 bits per heavy atom. The normalized spacial score (nSPS) is 23.2. The minimum Gasteiger partial charge on any atom is -0.393 e. The van der Waals surface area contributed by atoms with E-state index in [1.54, 1.807) is 19.9 Å². The summed E-state index contributed by atoms with van der Waals surface area (Å²) in [5.74, 6) is -0.155. The molecule has 1 aromatic rings. The van der Waals surface area contributed by atoms with E-state index in [0.717, 1.165) is 18.7 Å². The second-order valence-electron chi connectivity index (χ2n) is 5.08. The van der Waals surface area contributed by atoms with Crippen LogP contribution in [0.4, 0.5) is 10.1 Å². The molecule has 0 aromatic heterocycles. The van der Waals surface area contributed by atoms with E-state index in [1.165, 1.54) is 6.07 Å². The van der Waals surface area contributed by atoms with Crippen molar-refractivity contribution in [3.63, 3.8) is 0 Å². The highest BCUT2D eigenvalue weighted by Crippen LogP contribution is 2.33. The number of aliphatic hydroxyl groups excluding tert-OH is 2. The molecule has 18 heavy (non-hydrogen) atoms. The van der Waals surface area contributed by atoms with Crippen molar-refractivity contribution in [2.75, 3.05) is 18.0 Å². The molecule has 3 atom stereocenters. The number of anilines is 1. The second-order valence-corrected chi connectivity index (χ2v) is 5.08. The summed E-state index contributed by atoms with van der Waals surface area (Å²) >= 11 is 0. The highest BCUT2D eigenvalue weighted by atomic mass is 19.1. The van der Waals surface area contributed by atoms with Crippen molar-refractivity contribution in [1.82, 2.24) is 0 Å². The van der Waals surface area contributed by atoms with Gasteiger partial charge in [-0.15, -0.1) is 0 Å². The topological polar surface area (TPSA) is 43.7 Å². The van der Waals surface area contributed by atoms with Crippen molar-refractivity contribution >= 4 is 5.69 Å². The van der Waals surface area contributed by atoms with Crippen LogP contribution in [-0.4, -0.2) is 29.4 Å². The van der Waals surface area contributed by atoms with E-state index in [2.05, 4.69) is 0 Å². The molecule has 1 heterocycles. The van der Waals surface area contributed by atoms with E-state index in [4.69, 9.17) is 0 Å². The first-order chi connectivity index (χ1) is 8.50. The maximum absolute atomic E-state index is 13.8. The Balaban J connectivity index is 2.27. The Morgan fingerprint density at radius 2 is 2.06 bits per heavy atom. The zero-order valence-electron chi connectivity index (χ0n) is 10.8. The minimum atomic E-state index is -0.827. The summed E-state index contributed by atoms with van der Waals surface area (Å²) in [6, 6.07) is 4.86. The van der Waals surface area contributed by atoms with Gasteiger partial charge in [-0.05, 0) is 32.4 Å². The maximum atomic E-state index is 13.8. The summed E-state index contributed by atoms with van der Waals surface area (Å²) < 4.78 is 13.8. The van der Waals surface area contributed by atoms with Crippen LogP contribution in [-0.2, 0) is 0 Å². The molecule has 2 rings (SSSR count). The van der Waals surface area contributed by atoms with Crippen LogP contribution in [0.1, 0.15) is 31.9 Å². The third-order valence-electron chi connectivity index (χ3n) is 3.70. The fourth-order valence-corrected chi connectivity index (χ4v) is 2.61. The van der Waals surface area contributed by atoms with E-state index < -0.39 is 6.10 Å². The van der Waals surface area contributed by atoms with Gasteiger partial charge in [-0.25, -0.2) is 4.39 Å². The SMILES string of the molecule is CC(O)c1c(F)cccc1N1CCC(C(C)O)C1. The Hall–Kier alpha value is -1.13. The number of benzene rings is 1. The van der Waals surface area contributed by atoms with E-state index in [9.17, 15) is 14.6 Å². The molecule has 3 nitrogen and oxygen atoms in total. The minimum absolute atomic E-state index is 0.218. The summed E-state index contributed by atoms with van der Waals surface area (Å²) in [5.41, 5.74) is 1.09. The molecule has 1 saturated heterocycles. The summed E-state index contributed by atoms with van der Waals surface area (Å²) in [5, 5.41) is 19.3. The Kier molecular flexibility index (Phi) is 3.88. The van der Waals surface area contributed by atoms with Gasteiger partial charge in [0.1, 0.15) is 5.82 Å². The van der Waals surface area contributed by atoms with Crippen molar-refractivity contribution < 1.29 is 14.6 Å². The number of hydrogen-bond acceptors (Lipinski definition) is 3. The molecule has 100 valence electrons. The molecule has 2 N–H and O–H groups in total. The van der Waals surface area contributed by atoms with Gasteiger partial charge in [0.25, 0.3) is 0 Å². The van der Waals surface area contributed by atoms with Gasteiger partial charge in [-0.3, -0.25) is 0 Å². The highest BCUT2D eigenvalue weighted by Gasteiger charge is 2.28. The Bertz CT molecular complexity index is 420. The molecule has 1 fully saturated rings. The third kappa shape index (κ3) is 2.49. The largest absolute Gasteiger partial charge is 0.393 e. The van der Waals surface area contributed by atoms with Crippen LogP contribution in [0.2, 0.25) is 0 Å². The monoisotopic (exact) mass is 253 g/mol. The Morgan fingerprint density at radius 1 is 1.33 bits per heavy atom. The van der Waals surface area contributed by atoms with Crippen molar-refractivity contribution in [2.24, 2.45) is 5.92 Å². The molecule has 1 aliphatic heterocycles. The zero-order chi connectivity index (χ0) is 13.3. The van der Waals surface area contributed by atoms with Gasteiger partial charge in [0.2, 0.25) is 0 Å². The van der Waals surface area contributed by atoms with Crippen molar-refractivity contribution in [1.29, 1.82) is 0 Å². The number of halogens is 1. The number of hydrogen-bond donors (Lipinski definition) is 2. The van der Waals surface area contributed by atoms with Crippen LogP contribution in [0, 0.1) is 11.7 Å². The van der Waals surface area contributed by atoms with Gasteiger partial charge in [0.05, 0.1) is 12.2 Å². The number of rotatable bonds is 3. The van der Waals surface area contributed by atoms with Gasteiger partial charge in [-0.2, -0.15) is 0 Å². The molecule has 0 amide bonds. The molecule has 0 aliphatic carbocycles. The van der Waals surface area contributed by atoms with E-state index in [0.29, 0.717) is 12.1 Å². The molecular formula is C14H20FNO2. The van der Waals surface area contributed by atoms with Crippen LogP contribution in [0.25, 0.3) is 0 Å². The van der Waals surface area contributed by atoms with Gasteiger partial charge in [0, 0.05) is 30.3 Å². The molecule has 1 aliphatic rings. The average Bonchev–Trinajstić information content (AvgIpc) is 2.77. The quantitative estimate of drug-likeness (QED) is 0.867. The summed E-state index contributed by atoms with van der Waals surface area (Å²) in [7, 11) is 0. The van der Waals surface area contributed by atoms with E-state index in [1.807, 2.05) is 11.0 Å². The first-order valence-electron chi connectivity index (χ1n) is 6.40. The Labute approximate surface area is 107 Å². The summed E-state index contributed by atoms with van der Waals surface area (Å²) in [4.78, 5) is 2.04. The number of nitrogens with zero attached hydrogens (tertiary/aromatic N) is 1. The van der Waals surface area contributed by atoms with Crippen molar-refractivity contribution in [3.05, 3.63) is 29.6 Å². The second kappa shape index (κ2) is 5.24. The highest BCUT2D eigenvalue weighted by molar-refractivity contribution is 5.56. The van der Waals surface area contributed by atoms with Crippen LogP contribution in [0.5, 0.6) is 0 Å². The molecule has 3 unspecified atom stereocenters. The van der Waals surface area contributed by atoms with Gasteiger partial charge in [0.15, 0.2) is 0 Å². The van der Waals surface area contributed by atoms with Crippen LogP contribution < -0.4 is 4.90 Å². The fourth-order valence-electron chi connectivity index (χ4n) is 2.61.